The van der Waals surface area contributed by atoms with Crippen LogP contribution >= 0.6 is 12.6 Å². The average molecular weight is 431 g/mol. The van der Waals surface area contributed by atoms with E-state index in [1.165, 1.54) is 11.0 Å². The van der Waals surface area contributed by atoms with E-state index in [0.29, 0.717) is 30.4 Å². The van der Waals surface area contributed by atoms with Crippen molar-refractivity contribution in [2.75, 3.05) is 9.80 Å². The quantitative estimate of drug-likeness (QED) is 0.579. The molecule has 0 radical (unpaired) electrons. The Morgan fingerprint density at radius 1 is 1.13 bits per heavy atom. The number of halogens is 3. The molecule has 1 atom stereocenters. The maximum Gasteiger partial charge on any atom is 0.417 e. The Morgan fingerprint density at radius 2 is 1.77 bits per heavy atom. The first-order chi connectivity index (χ1) is 14.2. The Balaban J connectivity index is 1.80. The summed E-state index contributed by atoms with van der Waals surface area (Å²) < 4.78 is 40.3. The highest BCUT2D eigenvalue weighted by Gasteiger charge is 2.60. The van der Waals surface area contributed by atoms with Crippen LogP contribution in [-0.2, 0) is 11.0 Å². The van der Waals surface area contributed by atoms with E-state index in [-0.39, 0.29) is 11.6 Å². The van der Waals surface area contributed by atoms with Gasteiger partial charge in [-0.15, -0.1) is 12.6 Å². The highest BCUT2D eigenvalue weighted by Crippen LogP contribution is 2.50. The molecule has 2 aromatic rings. The van der Waals surface area contributed by atoms with Crippen LogP contribution in [0.2, 0.25) is 0 Å². The highest BCUT2D eigenvalue weighted by molar-refractivity contribution is 7.81. The number of carbonyl (C=O) groups excluding carboxylic acids is 2. The number of thiol groups is 1. The van der Waals surface area contributed by atoms with Gasteiger partial charge in [-0.25, -0.2) is 0 Å². The third kappa shape index (κ3) is 2.94. The number of hydrogen-bond acceptors (Lipinski definition) is 5. The second-order valence-corrected chi connectivity index (χ2v) is 7.79. The predicted molar refractivity (Wildman–Crippen MR) is 107 cm³/mol. The van der Waals surface area contributed by atoms with Crippen LogP contribution in [0.5, 0.6) is 0 Å². The van der Waals surface area contributed by atoms with E-state index in [1.807, 2.05) is 0 Å². The Hall–Kier alpha value is -2.99. The van der Waals surface area contributed by atoms with E-state index < -0.39 is 28.3 Å². The fraction of sp³-hybridized carbons (Fsp3) is 0.286. The molecule has 0 aromatic heterocycles. The molecule has 1 amide bonds. The van der Waals surface area contributed by atoms with E-state index in [4.69, 9.17) is 5.26 Å². The van der Waals surface area contributed by atoms with Gasteiger partial charge in [-0.1, -0.05) is 0 Å². The zero-order valence-electron chi connectivity index (χ0n) is 15.6. The molecular formula is C21H16F3N3O2S. The normalized spacial score (nSPS) is 20.2. The summed E-state index contributed by atoms with van der Waals surface area (Å²) in [6, 6.07) is 11.4. The minimum Gasteiger partial charge on any atom is -0.328 e. The molecule has 1 aliphatic heterocycles. The van der Waals surface area contributed by atoms with Gasteiger partial charge >= 0.3 is 6.18 Å². The topological polar surface area (TPSA) is 64.4 Å². The number of benzene rings is 2. The molecule has 2 fully saturated rings. The van der Waals surface area contributed by atoms with E-state index in [2.05, 4.69) is 12.6 Å². The molecule has 9 heteroatoms. The van der Waals surface area contributed by atoms with Gasteiger partial charge in [0.05, 0.1) is 17.2 Å². The number of amides is 1. The Bertz CT molecular complexity index is 1060. The van der Waals surface area contributed by atoms with Gasteiger partial charge < -0.3 is 4.90 Å². The van der Waals surface area contributed by atoms with Crippen molar-refractivity contribution in [3.05, 3.63) is 59.2 Å². The number of nitriles is 1. The summed E-state index contributed by atoms with van der Waals surface area (Å²) in [5.41, 5.74) is -2.16. The van der Waals surface area contributed by atoms with Gasteiger partial charge in [-0.05, 0) is 61.7 Å². The third-order valence-corrected chi connectivity index (χ3v) is 6.20. The van der Waals surface area contributed by atoms with Crippen LogP contribution in [0.3, 0.4) is 0 Å². The second kappa shape index (κ2) is 7.06. The Morgan fingerprint density at radius 3 is 2.27 bits per heavy atom. The van der Waals surface area contributed by atoms with Crippen molar-refractivity contribution in [2.24, 2.45) is 0 Å². The molecule has 1 saturated heterocycles. The molecule has 154 valence electrons. The number of anilines is 2. The van der Waals surface area contributed by atoms with Crippen molar-refractivity contribution in [1.82, 2.24) is 0 Å². The lowest BCUT2D eigenvalue weighted by Crippen LogP contribution is -2.55. The molecule has 1 unspecified atom stereocenters. The van der Waals surface area contributed by atoms with Crippen LogP contribution in [0.25, 0.3) is 0 Å². The van der Waals surface area contributed by atoms with Crippen LogP contribution < -0.4 is 9.80 Å². The van der Waals surface area contributed by atoms with Gasteiger partial charge in [-0.2, -0.15) is 18.4 Å². The first kappa shape index (κ1) is 20.3. The molecular weight excluding hydrogens is 415 g/mol. The smallest absolute Gasteiger partial charge is 0.328 e. The number of rotatable bonds is 3. The maximum absolute atomic E-state index is 13.4. The lowest BCUT2D eigenvalue weighted by molar-refractivity contribution is -0.137. The molecule has 2 aliphatic rings. The zero-order chi connectivity index (χ0) is 21.7. The molecule has 1 aliphatic carbocycles. The van der Waals surface area contributed by atoms with Crippen LogP contribution in [0.4, 0.5) is 24.5 Å². The second-order valence-electron chi connectivity index (χ2n) is 7.33. The Labute approximate surface area is 176 Å². The minimum absolute atomic E-state index is 0.0320. The molecule has 1 heterocycles. The lowest BCUT2D eigenvalue weighted by atomic mass is 9.75. The van der Waals surface area contributed by atoms with Crippen molar-refractivity contribution < 1.29 is 22.8 Å². The largest absolute Gasteiger partial charge is 0.417 e. The van der Waals surface area contributed by atoms with Crippen molar-refractivity contribution >= 4 is 36.2 Å². The number of aldehydes is 1. The molecule has 2 aromatic carbocycles. The molecule has 1 saturated carbocycles. The van der Waals surface area contributed by atoms with Crippen molar-refractivity contribution in [2.45, 2.75) is 36.5 Å². The third-order valence-electron chi connectivity index (χ3n) is 5.74. The first-order valence-corrected chi connectivity index (χ1v) is 9.72. The summed E-state index contributed by atoms with van der Waals surface area (Å²) in [7, 11) is 0. The van der Waals surface area contributed by atoms with Crippen LogP contribution in [0.15, 0.2) is 42.5 Å². The number of carbonyl (C=O) groups is 2. The number of nitrogens with zero attached hydrogens (tertiary/aromatic N) is 3. The van der Waals surface area contributed by atoms with Gasteiger partial charge in [0.1, 0.15) is 11.8 Å². The van der Waals surface area contributed by atoms with Gasteiger partial charge in [0.2, 0.25) is 0 Å². The first-order valence-electron chi connectivity index (χ1n) is 9.20. The molecule has 5 nitrogen and oxygen atoms in total. The predicted octanol–water partition coefficient (Wildman–Crippen LogP) is 4.38. The highest BCUT2D eigenvalue weighted by atomic mass is 32.1. The minimum atomic E-state index is -4.73. The Kier molecular flexibility index (Phi) is 4.77. The van der Waals surface area contributed by atoms with Gasteiger partial charge in [0.25, 0.3) is 5.91 Å². The maximum atomic E-state index is 13.4. The van der Waals surface area contributed by atoms with E-state index >= 15 is 0 Å². The lowest BCUT2D eigenvalue weighted by Gasteiger charge is -2.44. The van der Waals surface area contributed by atoms with Crippen LogP contribution in [0.1, 0.15) is 40.7 Å². The zero-order valence-corrected chi connectivity index (χ0v) is 16.5. The fourth-order valence-electron chi connectivity index (χ4n) is 4.09. The van der Waals surface area contributed by atoms with Crippen molar-refractivity contribution in [3.8, 4) is 6.07 Å². The molecule has 0 N–H and O–H groups in total. The van der Waals surface area contributed by atoms with Gasteiger partial charge in [0, 0.05) is 16.9 Å². The van der Waals surface area contributed by atoms with Gasteiger partial charge in [0.15, 0.2) is 5.50 Å². The van der Waals surface area contributed by atoms with E-state index in [1.54, 1.807) is 35.2 Å². The van der Waals surface area contributed by atoms with E-state index in [9.17, 15) is 22.8 Å². The SMILES string of the molecule is N#Cc1ccc(N2C(=O)C3(CCC3)N(c3ccc(C=O)cc3)C2S)cc1C(F)(F)F. The number of alkyl halides is 3. The van der Waals surface area contributed by atoms with Crippen molar-refractivity contribution in [3.63, 3.8) is 0 Å². The summed E-state index contributed by atoms with van der Waals surface area (Å²) in [6.45, 7) is 0. The molecule has 4 rings (SSSR count). The molecule has 30 heavy (non-hydrogen) atoms. The molecule has 1 spiro atoms. The monoisotopic (exact) mass is 431 g/mol. The number of hydrogen-bond donors (Lipinski definition) is 1. The standard InChI is InChI=1S/C21H16F3N3O2S/c22-21(23,24)17-10-16(7-4-14(17)11-25)26-18(29)20(8-1-9-20)27(19(26)30)15-5-2-13(12-28)3-6-15/h2-7,10,12,19,30H,1,8-9H2. The summed E-state index contributed by atoms with van der Waals surface area (Å²) >= 11 is 4.59. The van der Waals surface area contributed by atoms with Crippen molar-refractivity contribution in [1.29, 1.82) is 5.26 Å². The average Bonchev–Trinajstić information content (AvgIpc) is 2.93. The van der Waals surface area contributed by atoms with E-state index in [0.717, 1.165) is 18.6 Å². The van der Waals surface area contributed by atoms with Gasteiger partial charge in [-0.3, -0.25) is 14.5 Å². The summed E-state index contributed by atoms with van der Waals surface area (Å²) in [6.07, 6.45) is -2.11. The summed E-state index contributed by atoms with van der Waals surface area (Å²) in [5.74, 6) is -0.328. The molecule has 0 bridgehead atoms. The summed E-state index contributed by atoms with van der Waals surface area (Å²) in [4.78, 5) is 27.4. The van der Waals surface area contributed by atoms with Crippen LogP contribution in [-0.4, -0.2) is 23.2 Å². The fourth-order valence-corrected chi connectivity index (χ4v) is 4.69. The van der Waals surface area contributed by atoms with Crippen LogP contribution in [0, 0.1) is 11.3 Å². The summed E-state index contributed by atoms with van der Waals surface area (Å²) in [5, 5.41) is 9.03.